The number of ether oxygens (including phenoxy) is 1. The first-order valence-electron chi connectivity index (χ1n) is 4.98. The molecule has 1 aromatic rings. The van der Waals surface area contributed by atoms with E-state index in [9.17, 15) is 4.79 Å². The number of hydrogen-bond donors (Lipinski definition) is 2. The van der Waals surface area contributed by atoms with E-state index in [1.807, 2.05) is 0 Å². The SMILES string of the molecule is CCOC(=O)CC(=N)Nc1ccc(Cl)cc1Cl. The molecule has 0 saturated carbocycles. The molecule has 0 spiro atoms. The Morgan fingerprint density at radius 1 is 1.47 bits per heavy atom. The van der Waals surface area contributed by atoms with E-state index in [4.69, 9.17) is 33.3 Å². The molecular weight excluding hydrogens is 263 g/mol. The van der Waals surface area contributed by atoms with Gasteiger partial charge in [-0.1, -0.05) is 23.2 Å². The number of nitrogens with one attached hydrogen (secondary N) is 2. The lowest BCUT2D eigenvalue weighted by atomic mass is 10.3. The summed E-state index contributed by atoms with van der Waals surface area (Å²) in [5.74, 6) is -0.428. The molecule has 0 heterocycles. The smallest absolute Gasteiger partial charge is 0.313 e. The lowest BCUT2D eigenvalue weighted by Gasteiger charge is -2.09. The summed E-state index contributed by atoms with van der Waals surface area (Å²) in [4.78, 5) is 11.1. The third-order valence-corrected chi connectivity index (χ3v) is 2.39. The van der Waals surface area contributed by atoms with E-state index in [0.29, 0.717) is 22.3 Å². The summed E-state index contributed by atoms with van der Waals surface area (Å²) in [6.45, 7) is 2.01. The molecule has 0 unspecified atom stereocenters. The quantitative estimate of drug-likeness (QED) is 0.503. The van der Waals surface area contributed by atoms with Gasteiger partial charge >= 0.3 is 5.97 Å². The van der Waals surface area contributed by atoms with Gasteiger partial charge in [-0.15, -0.1) is 0 Å². The molecule has 17 heavy (non-hydrogen) atoms. The standard InChI is InChI=1S/C11H12Cl2N2O2/c1-2-17-11(16)6-10(14)15-9-4-3-7(12)5-8(9)13/h3-5H,2,6H2,1H3,(H2,14,15). The van der Waals surface area contributed by atoms with Gasteiger partial charge < -0.3 is 10.1 Å². The first-order chi connectivity index (χ1) is 8.02. The Morgan fingerprint density at radius 2 is 2.18 bits per heavy atom. The van der Waals surface area contributed by atoms with Crippen LogP contribution in [0.4, 0.5) is 5.69 Å². The van der Waals surface area contributed by atoms with Crippen molar-refractivity contribution in [2.75, 3.05) is 11.9 Å². The van der Waals surface area contributed by atoms with Crippen molar-refractivity contribution in [3.05, 3.63) is 28.2 Å². The maximum absolute atomic E-state index is 11.1. The minimum atomic E-state index is -0.449. The minimum Gasteiger partial charge on any atom is -0.466 e. The van der Waals surface area contributed by atoms with Gasteiger partial charge in [0.2, 0.25) is 0 Å². The Kier molecular flexibility index (Phi) is 5.25. The Hall–Kier alpha value is -1.26. The van der Waals surface area contributed by atoms with E-state index in [1.165, 1.54) is 0 Å². The maximum atomic E-state index is 11.1. The van der Waals surface area contributed by atoms with E-state index >= 15 is 0 Å². The van der Waals surface area contributed by atoms with Crippen LogP contribution in [0.1, 0.15) is 13.3 Å². The summed E-state index contributed by atoms with van der Waals surface area (Å²) < 4.78 is 4.73. The van der Waals surface area contributed by atoms with Gasteiger partial charge in [-0.05, 0) is 25.1 Å². The number of carbonyl (C=O) groups is 1. The van der Waals surface area contributed by atoms with Crippen LogP contribution in [0.15, 0.2) is 18.2 Å². The maximum Gasteiger partial charge on any atom is 0.313 e. The van der Waals surface area contributed by atoms with Crippen LogP contribution < -0.4 is 5.32 Å². The zero-order valence-corrected chi connectivity index (χ0v) is 10.7. The second-order valence-corrected chi connectivity index (χ2v) is 4.05. The molecule has 0 aliphatic carbocycles. The number of halogens is 2. The van der Waals surface area contributed by atoms with E-state index in [2.05, 4.69) is 5.32 Å². The topological polar surface area (TPSA) is 62.2 Å². The summed E-state index contributed by atoms with van der Waals surface area (Å²) >= 11 is 11.7. The van der Waals surface area contributed by atoms with Gasteiger partial charge in [0.05, 0.1) is 17.3 Å². The first-order valence-corrected chi connectivity index (χ1v) is 5.73. The minimum absolute atomic E-state index is 0.0210. The normalized spacial score (nSPS) is 9.82. The highest BCUT2D eigenvalue weighted by atomic mass is 35.5. The molecule has 0 radical (unpaired) electrons. The monoisotopic (exact) mass is 274 g/mol. The van der Waals surface area contributed by atoms with Gasteiger partial charge in [0, 0.05) is 5.02 Å². The number of rotatable bonds is 4. The van der Waals surface area contributed by atoms with Gasteiger partial charge in [-0.2, -0.15) is 0 Å². The Morgan fingerprint density at radius 3 is 2.76 bits per heavy atom. The van der Waals surface area contributed by atoms with Crippen LogP contribution in [-0.2, 0) is 9.53 Å². The van der Waals surface area contributed by atoms with Gasteiger partial charge in [0.15, 0.2) is 0 Å². The van der Waals surface area contributed by atoms with Crippen molar-refractivity contribution >= 4 is 40.7 Å². The molecule has 1 rings (SSSR count). The van der Waals surface area contributed by atoms with Crippen molar-refractivity contribution in [3.8, 4) is 0 Å². The second kappa shape index (κ2) is 6.47. The Bertz CT molecular complexity index is 435. The summed E-state index contributed by atoms with van der Waals surface area (Å²) in [5, 5.41) is 11.2. The number of esters is 1. The highest BCUT2D eigenvalue weighted by molar-refractivity contribution is 6.36. The van der Waals surface area contributed by atoms with Crippen LogP contribution in [0.2, 0.25) is 10.0 Å². The molecule has 0 aromatic heterocycles. The predicted octanol–water partition coefficient (Wildman–Crippen LogP) is 3.34. The van der Waals surface area contributed by atoms with Crippen LogP contribution in [0.25, 0.3) is 0 Å². The summed E-state index contributed by atoms with van der Waals surface area (Å²) in [6.07, 6.45) is -0.118. The highest BCUT2D eigenvalue weighted by Gasteiger charge is 2.08. The van der Waals surface area contributed by atoms with E-state index in [0.717, 1.165) is 0 Å². The third-order valence-electron chi connectivity index (χ3n) is 1.84. The van der Waals surface area contributed by atoms with E-state index in [-0.39, 0.29) is 12.3 Å². The molecule has 4 nitrogen and oxygen atoms in total. The summed E-state index contributed by atoms with van der Waals surface area (Å²) in [7, 11) is 0. The number of carbonyl (C=O) groups excluding carboxylic acids is 1. The molecule has 0 atom stereocenters. The van der Waals surface area contributed by atoms with Crippen molar-refractivity contribution in [3.63, 3.8) is 0 Å². The predicted molar refractivity (Wildman–Crippen MR) is 69.1 cm³/mol. The molecule has 6 heteroatoms. The molecule has 92 valence electrons. The zero-order valence-electron chi connectivity index (χ0n) is 9.22. The molecule has 0 aliphatic heterocycles. The molecular formula is C11H12Cl2N2O2. The third kappa shape index (κ3) is 4.63. The van der Waals surface area contributed by atoms with Gasteiger partial charge in [0.1, 0.15) is 12.3 Å². The van der Waals surface area contributed by atoms with Crippen molar-refractivity contribution in [2.24, 2.45) is 0 Å². The van der Waals surface area contributed by atoms with E-state index < -0.39 is 5.97 Å². The number of anilines is 1. The van der Waals surface area contributed by atoms with Crippen molar-refractivity contribution < 1.29 is 9.53 Å². The van der Waals surface area contributed by atoms with Crippen LogP contribution in [-0.4, -0.2) is 18.4 Å². The highest BCUT2D eigenvalue weighted by Crippen LogP contribution is 2.25. The van der Waals surface area contributed by atoms with Crippen LogP contribution in [0, 0.1) is 5.41 Å². The van der Waals surface area contributed by atoms with Crippen molar-refractivity contribution in [1.29, 1.82) is 5.41 Å². The van der Waals surface area contributed by atoms with Gasteiger partial charge in [-0.3, -0.25) is 10.2 Å². The first kappa shape index (κ1) is 13.8. The molecule has 2 N–H and O–H groups in total. The molecule has 0 fully saturated rings. The Labute approximate surface area is 109 Å². The summed E-state index contributed by atoms with van der Waals surface area (Å²) in [5.41, 5.74) is 0.533. The van der Waals surface area contributed by atoms with Crippen LogP contribution in [0.5, 0.6) is 0 Å². The van der Waals surface area contributed by atoms with Crippen LogP contribution >= 0.6 is 23.2 Å². The fourth-order valence-electron chi connectivity index (χ4n) is 1.15. The number of benzene rings is 1. The number of amidine groups is 1. The van der Waals surface area contributed by atoms with Crippen molar-refractivity contribution in [1.82, 2.24) is 0 Å². The Balaban J connectivity index is 2.59. The lowest BCUT2D eigenvalue weighted by molar-refractivity contribution is -0.141. The lowest BCUT2D eigenvalue weighted by Crippen LogP contribution is -2.17. The van der Waals surface area contributed by atoms with Crippen LogP contribution in [0.3, 0.4) is 0 Å². The average Bonchev–Trinajstić information content (AvgIpc) is 2.22. The molecule has 0 aliphatic rings. The average molecular weight is 275 g/mol. The largest absolute Gasteiger partial charge is 0.466 e. The molecule has 0 bridgehead atoms. The summed E-state index contributed by atoms with van der Waals surface area (Å²) in [6, 6.07) is 4.85. The zero-order chi connectivity index (χ0) is 12.8. The molecule has 0 saturated heterocycles. The van der Waals surface area contributed by atoms with Gasteiger partial charge in [-0.25, -0.2) is 0 Å². The fraction of sp³-hybridized carbons (Fsp3) is 0.273. The van der Waals surface area contributed by atoms with E-state index in [1.54, 1.807) is 25.1 Å². The van der Waals surface area contributed by atoms with Crippen molar-refractivity contribution in [2.45, 2.75) is 13.3 Å². The fourth-order valence-corrected chi connectivity index (χ4v) is 1.61. The van der Waals surface area contributed by atoms with Gasteiger partial charge in [0.25, 0.3) is 0 Å². The molecule has 1 aromatic carbocycles. The number of hydrogen-bond acceptors (Lipinski definition) is 3. The second-order valence-electron chi connectivity index (χ2n) is 3.21. The molecule has 0 amide bonds.